The molecule has 25 heavy (non-hydrogen) atoms. The summed E-state index contributed by atoms with van der Waals surface area (Å²) in [6.45, 7) is 2.66. The van der Waals surface area contributed by atoms with Crippen molar-refractivity contribution in [1.29, 1.82) is 0 Å². The van der Waals surface area contributed by atoms with E-state index < -0.39 is 10.0 Å². The summed E-state index contributed by atoms with van der Waals surface area (Å²) in [5.41, 5.74) is 2.80. The summed E-state index contributed by atoms with van der Waals surface area (Å²) >= 11 is 0. The molecule has 0 unspecified atom stereocenters. The maximum atomic E-state index is 12.4. The van der Waals surface area contributed by atoms with Gasteiger partial charge in [-0.3, -0.25) is 9.52 Å². The van der Waals surface area contributed by atoms with Crippen molar-refractivity contribution in [2.24, 2.45) is 0 Å². The van der Waals surface area contributed by atoms with Gasteiger partial charge < -0.3 is 5.32 Å². The average Bonchev–Trinajstić information content (AvgIpc) is 2.95. The second-order valence-corrected chi connectivity index (χ2v) is 7.27. The molecule has 0 bridgehead atoms. The number of hydrogen-bond acceptors (Lipinski definition) is 5. The predicted molar refractivity (Wildman–Crippen MR) is 96.1 cm³/mol. The third-order valence-electron chi connectivity index (χ3n) is 3.50. The van der Waals surface area contributed by atoms with Crippen molar-refractivity contribution in [3.8, 4) is 0 Å². The zero-order valence-corrected chi connectivity index (χ0v) is 14.5. The van der Waals surface area contributed by atoms with Gasteiger partial charge >= 0.3 is 0 Å². The Bertz CT molecular complexity index is 1040. The topological polar surface area (TPSA) is 106 Å². The monoisotopic (exact) mass is 359 g/mol. The van der Waals surface area contributed by atoms with Crippen LogP contribution in [-0.2, 0) is 16.6 Å². The fourth-order valence-electron chi connectivity index (χ4n) is 2.42. The summed E-state index contributed by atoms with van der Waals surface area (Å²) in [6.07, 6.45) is 1.07. The van der Waals surface area contributed by atoms with E-state index in [-0.39, 0.29) is 5.91 Å². The Balaban J connectivity index is 1.81. The van der Waals surface area contributed by atoms with E-state index in [1.807, 2.05) is 6.92 Å². The van der Waals surface area contributed by atoms with Gasteiger partial charge in [0.05, 0.1) is 17.5 Å². The van der Waals surface area contributed by atoms with Gasteiger partial charge in [0.2, 0.25) is 10.0 Å². The minimum atomic E-state index is -3.38. The van der Waals surface area contributed by atoms with Crippen LogP contribution < -0.4 is 10.0 Å². The van der Waals surface area contributed by atoms with Crippen LogP contribution in [-0.4, -0.2) is 35.6 Å². The summed E-state index contributed by atoms with van der Waals surface area (Å²) in [5, 5.41) is 10.8. The number of benzene rings is 2. The minimum Gasteiger partial charge on any atom is -0.322 e. The smallest absolute Gasteiger partial charge is 0.255 e. The first-order chi connectivity index (χ1) is 11.9. The molecule has 8 nitrogen and oxygen atoms in total. The highest BCUT2D eigenvalue weighted by atomic mass is 32.2. The predicted octanol–water partition coefficient (Wildman–Crippen LogP) is 2.08. The molecule has 2 aromatic carbocycles. The third-order valence-corrected chi connectivity index (χ3v) is 4.11. The van der Waals surface area contributed by atoms with Gasteiger partial charge in [-0.15, -0.1) is 5.10 Å². The van der Waals surface area contributed by atoms with E-state index in [1.54, 1.807) is 47.1 Å². The van der Waals surface area contributed by atoms with Crippen LogP contribution in [0.5, 0.6) is 0 Å². The molecule has 2 N–H and O–H groups in total. The number of amides is 1. The number of nitrogens with zero attached hydrogens (tertiary/aromatic N) is 3. The van der Waals surface area contributed by atoms with Crippen molar-refractivity contribution >= 4 is 38.3 Å². The molecule has 0 aliphatic rings. The van der Waals surface area contributed by atoms with Crippen LogP contribution in [0, 0.1) is 0 Å². The Morgan fingerprint density at radius 3 is 2.64 bits per heavy atom. The SMILES string of the molecule is CCn1nnc2cc(C(=O)Nc3cccc(NS(C)(=O)=O)c3)ccc21. The number of anilines is 2. The molecule has 0 spiro atoms. The zero-order valence-electron chi connectivity index (χ0n) is 13.7. The molecule has 130 valence electrons. The number of rotatable bonds is 5. The third kappa shape index (κ3) is 3.94. The lowest BCUT2D eigenvalue weighted by atomic mass is 10.1. The molecule has 1 amide bonds. The first kappa shape index (κ1) is 16.9. The Labute approximate surface area is 144 Å². The van der Waals surface area contributed by atoms with Crippen molar-refractivity contribution < 1.29 is 13.2 Å². The quantitative estimate of drug-likeness (QED) is 0.725. The molecule has 3 aromatic rings. The Morgan fingerprint density at radius 2 is 1.92 bits per heavy atom. The van der Waals surface area contributed by atoms with E-state index in [2.05, 4.69) is 20.4 Å². The minimum absolute atomic E-state index is 0.315. The Morgan fingerprint density at radius 1 is 1.16 bits per heavy atom. The number of aryl methyl sites for hydroxylation is 1. The van der Waals surface area contributed by atoms with Crippen molar-refractivity contribution in [3.63, 3.8) is 0 Å². The molecule has 0 atom stereocenters. The first-order valence-electron chi connectivity index (χ1n) is 7.58. The van der Waals surface area contributed by atoms with Crippen LogP contribution in [0.15, 0.2) is 42.5 Å². The van der Waals surface area contributed by atoms with Crippen LogP contribution in [0.4, 0.5) is 11.4 Å². The van der Waals surface area contributed by atoms with Crippen molar-refractivity contribution in [2.45, 2.75) is 13.5 Å². The lowest BCUT2D eigenvalue weighted by molar-refractivity contribution is 0.102. The van der Waals surface area contributed by atoms with Crippen LogP contribution in [0.1, 0.15) is 17.3 Å². The van der Waals surface area contributed by atoms with Gasteiger partial charge in [-0.25, -0.2) is 13.1 Å². The number of fused-ring (bicyclic) bond motifs is 1. The summed E-state index contributed by atoms with van der Waals surface area (Å²) in [4.78, 5) is 12.4. The number of carbonyl (C=O) groups excluding carboxylic acids is 1. The maximum absolute atomic E-state index is 12.4. The van der Waals surface area contributed by atoms with Gasteiger partial charge in [-0.1, -0.05) is 11.3 Å². The van der Waals surface area contributed by atoms with Crippen LogP contribution in [0.25, 0.3) is 11.0 Å². The number of aromatic nitrogens is 3. The van der Waals surface area contributed by atoms with E-state index in [0.29, 0.717) is 29.0 Å². The molecule has 0 fully saturated rings. The summed E-state index contributed by atoms with van der Waals surface area (Å²) in [5.74, 6) is -0.315. The fraction of sp³-hybridized carbons (Fsp3) is 0.188. The molecule has 3 rings (SSSR count). The summed E-state index contributed by atoms with van der Waals surface area (Å²) in [6, 6.07) is 11.6. The Kier molecular flexibility index (Phi) is 4.41. The van der Waals surface area contributed by atoms with E-state index in [4.69, 9.17) is 0 Å². The van der Waals surface area contributed by atoms with E-state index in [9.17, 15) is 13.2 Å². The van der Waals surface area contributed by atoms with Crippen molar-refractivity contribution in [1.82, 2.24) is 15.0 Å². The molecule has 0 aliphatic heterocycles. The van der Waals surface area contributed by atoms with E-state index in [0.717, 1.165) is 11.8 Å². The zero-order chi connectivity index (χ0) is 18.0. The average molecular weight is 359 g/mol. The van der Waals surface area contributed by atoms with Gasteiger partial charge in [-0.05, 0) is 43.3 Å². The fourth-order valence-corrected chi connectivity index (χ4v) is 2.98. The molecular weight excluding hydrogens is 342 g/mol. The van der Waals surface area contributed by atoms with E-state index in [1.165, 1.54) is 0 Å². The van der Waals surface area contributed by atoms with Gasteiger partial charge in [0.15, 0.2) is 0 Å². The number of carbonyl (C=O) groups is 1. The van der Waals surface area contributed by atoms with Gasteiger partial charge in [0, 0.05) is 17.8 Å². The van der Waals surface area contributed by atoms with E-state index >= 15 is 0 Å². The molecular formula is C16H17N5O3S. The second-order valence-electron chi connectivity index (χ2n) is 5.52. The molecule has 0 saturated carbocycles. The number of hydrogen-bond donors (Lipinski definition) is 2. The molecule has 1 heterocycles. The van der Waals surface area contributed by atoms with Gasteiger partial charge in [0.1, 0.15) is 5.52 Å². The van der Waals surface area contributed by atoms with Crippen LogP contribution >= 0.6 is 0 Å². The van der Waals surface area contributed by atoms with Crippen molar-refractivity contribution in [2.75, 3.05) is 16.3 Å². The standard InChI is InChI=1S/C16H17N5O3S/c1-3-21-15-8-7-11(9-14(15)18-20-21)16(22)17-12-5-4-6-13(10-12)19-25(2,23)24/h4-10,19H,3H2,1-2H3,(H,17,22). The van der Waals surface area contributed by atoms with Gasteiger partial charge in [0.25, 0.3) is 5.91 Å². The first-order valence-corrected chi connectivity index (χ1v) is 9.47. The molecule has 0 radical (unpaired) electrons. The summed E-state index contributed by atoms with van der Waals surface area (Å²) < 4.78 is 26.7. The van der Waals surface area contributed by atoms with Gasteiger partial charge in [-0.2, -0.15) is 0 Å². The number of nitrogens with one attached hydrogen (secondary N) is 2. The molecule has 9 heteroatoms. The molecule has 0 saturated heterocycles. The number of sulfonamides is 1. The molecule has 1 aromatic heterocycles. The second kappa shape index (κ2) is 6.52. The highest BCUT2D eigenvalue weighted by molar-refractivity contribution is 7.92. The largest absolute Gasteiger partial charge is 0.322 e. The Hall–Kier alpha value is -2.94. The van der Waals surface area contributed by atoms with Crippen LogP contribution in [0.2, 0.25) is 0 Å². The van der Waals surface area contributed by atoms with Crippen LogP contribution in [0.3, 0.4) is 0 Å². The molecule has 0 aliphatic carbocycles. The summed E-state index contributed by atoms with van der Waals surface area (Å²) in [7, 11) is -3.38. The lowest BCUT2D eigenvalue weighted by Gasteiger charge is -2.08. The maximum Gasteiger partial charge on any atom is 0.255 e. The van der Waals surface area contributed by atoms with Crippen molar-refractivity contribution in [3.05, 3.63) is 48.0 Å². The lowest BCUT2D eigenvalue weighted by Crippen LogP contribution is -2.13. The highest BCUT2D eigenvalue weighted by Gasteiger charge is 2.11. The normalized spacial score (nSPS) is 11.4. The highest BCUT2D eigenvalue weighted by Crippen LogP contribution is 2.18.